The van der Waals surface area contributed by atoms with E-state index in [2.05, 4.69) is 71.6 Å². The number of nitrogens with zero attached hydrogens (tertiary/aromatic N) is 4. The van der Waals surface area contributed by atoms with Crippen LogP contribution in [-0.2, 0) is 6.42 Å². The van der Waals surface area contributed by atoms with Gasteiger partial charge in [-0.15, -0.1) is 0 Å². The molecule has 0 aliphatic carbocycles. The Labute approximate surface area is 167 Å². The van der Waals surface area contributed by atoms with Crippen LogP contribution in [0.3, 0.4) is 0 Å². The zero-order chi connectivity index (χ0) is 19.3. The van der Waals surface area contributed by atoms with Crippen LogP contribution in [0.15, 0.2) is 60.7 Å². The number of aryl methyl sites for hydroxylation is 1. The van der Waals surface area contributed by atoms with Crippen molar-refractivity contribution in [3.8, 4) is 11.3 Å². The highest BCUT2D eigenvalue weighted by Crippen LogP contribution is 2.25. The molecule has 5 heteroatoms. The van der Waals surface area contributed by atoms with E-state index in [1.807, 2.05) is 18.2 Å². The second-order valence-corrected chi connectivity index (χ2v) is 7.27. The van der Waals surface area contributed by atoms with Gasteiger partial charge in [-0.25, -0.2) is 4.98 Å². The predicted octanol–water partition coefficient (Wildman–Crippen LogP) is 4.20. The normalized spacial score (nSPS) is 14.9. The first kappa shape index (κ1) is 18.4. The zero-order valence-electron chi connectivity index (χ0n) is 16.6. The molecule has 1 aromatic heterocycles. The van der Waals surface area contributed by atoms with E-state index >= 15 is 0 Å². The monoisotopic (exact) mass is 373 g/mol. The van der Waals surface area contributed by atoms with Crippen LogP contribution in [0.25, 0.3) is 11.3 Å². The lowest BCUT2D eigenvalue weighted by atomic mass is 10.1. The third-order valence-electron chi connectivity index (χ3n) is 5.23. The molecule has 28 heavy (non-hydrogen) atoms. The van der Waals surface area contributed by atoms with Gasteiger partial charge in [0.05, 0.1) is 5.69 Å². The molecule has 1 N–H and O–H groups in total. The van der Waals surface area contributed by atoms with E-state index in [1.54, 1.807) is 0 Å². The van der Waals surface area contributed by atoms with Gasteiger partial charge >= 0.3 is 0 Å². The Balaban J connectivity index is 1.66. The molecular formula is C23H27N5. The van der Waals surface area contributed by atoms with Crippen molar-refractivity contribution in [1.29, 1.82) is 0 Å². The first-order valence-electron chi connectivity index (χ1n) is 9.95. The van der Waals surface area contributed by atoms with Gasteiger partial charge in [-0.05, 0) is 31.2 Å². The van der Waals surface area contributed by atoms with Crippen molar-refractivity contribution in [1.82, 2.24) is 14.9 Å². The summed E-state index contributed by atoms with van der Waals surface area (Å²) in [7, 11) is 2.17. The van der Waals surface area contributed by atoms with Crippen molar-refractivity contribution in [3.63, 3.8) is 0 Å². The summed E-state index contributed by atoms with van der Waals surface area (Å²) in [5.41, 5.74) is 4.37. The average Bonchev–Trinajstić information content (AvgIpc) is 2.75. The van der Waals surface area contributed by atoms with Gasteiger partial charge in [0.25, 0.3) is 0 Å². The van der Waals surface area contributed by atoms with Gasteiger partial charge in [0.2, 0.25) is 5.95 Å². The van der Waals surface area contributed by atoms with Crippen molar-refractivity contribution < 1.29 is 0 Å². The van der Waals surface area contributed by atoms with Crippen LogP contribution in [0.1, 0.15) is 12.5 Å². The van der Waals surface area contributed by atoms with Crippen molar-refractivity contribution in [2.24, 2.45) is 0 Å². The number of likely N-dealkylation sites (N-methyl/N-ethyl adjacent to an activating group) is 1. The van der Waals surface area contributed by atoms with E-state index in [0.717, 1.165) is 55.4 Å². The topological polar surface area (TPSA) is 44.3 Å². The summed E-state index contributed by atoms with van der Waals surface area (Å²) in [6, 6.07) is 20.9. The standard InChI is InChI=1S/C23H27N5/c1-3-18-9-11-20(12-10-18)24-23-25-21(19-7-5-4-6-8-19)17-22(26-23)28-15-13-27(2)14-16-28/h4-12,17H,3,13-16H2,1-2H3,(H,24,25,26). The van der Waals surface area contributed by atoms with Crippen LogP contribution >= 0.6 is 0 Å². The molecular weight excluding hydrogens is 346 g/mol. The Hall–Kier alpha value is -2.92. The first-order chi connectivity index (χ1) is 13.7. The Kier molecular flexibility index (Phi) is 5.53. The second-order valence-electron chi connectivity index (χ2n) is 7.27. The van der Waals surface area contributed by atoms with E-state index < -0.39 is 0 Å². The van der Waals surface area contributed by atoms with Crippen LogP contribution in [0.2, 0.25) is 0 Å². The van der Waals surface area contributed by atoms with Crippen LogP contribution < -0.4 is 10.2 Å². The Morgan fingerprint density at radius 1 is 0.893 bits per heavy atom. The van der Waals surface area contributed by atoms with Gasteiger partial charge in [-0.1, -0.05) is 49.4 Å². The number of piperazine rings is 1. The Bertz CT molecular complexity index is 900. The molecule has 0 bridgehead atoms. The van der Waals surface area contributed by atoms with Gasteiger partial charge < -0.3 is 15.1 Å². The van der Waals surface area contributed by atoms with Crippen molar-refractivity contribution >= 4 is 17.5 Å². The molecule has 3 aromatic rings. The van der Waals surface area contributed by atoms with Crippen LogP contribution in [0.5, 0.6) is 0 Å². The first-order valence-corrected chi connectivity index (χ1v) is 9.95. The largest absolute Gasteiger partial charge is 0.354 e. The highest BCUT2D eigenvalue weighted by atomic mass is 15.3. The summed E-state index contributed by atoms with van der Waals surface area (Å²) in [6.07, 6.45) is 1.04. The zero-order valence-corrected chi connectivity index (χ0v) is 16.6. The molecule has 2 heterocycles. The van der Waals surface area contributed by atoms with E-state index in [-0.39, 0.29) is 0 Å². The van der Waals surface area contributed by atoms with E-state index in [9.17, 15) is 0 Å². The molecule has 144 valence electrons. The predicted molar refractivity (Wildman–Crippen MR) is 116 cm³/mol. The maximum atomic E-state index is 4.83. The smallest absolute Gasteiger partial charge is 0.229 e. The fraction of sp³-hybridized carbons (Fsp3) is 0.304. The molecule has 0 unspecified atom stereocenters. The van der Waals surface area contributed by atoms with Gasteiger partial charge in [0.1, 0.15) is 5.82 Å². The minimum atomic E-state index is 0.638. The summed E-state index contributed by atoms with van der Waals surface area (Å²) in [6.45, 7) is 6.22. The fourth-order valence-electron chi connectivity index (χ4n) is 3.40. The van der Waals surface area contributed by atoms with E-state index in [1.165, 1.54) is 5.56 Å². The lowest BCUT2D eigenvalue weighted by Crippen LogP contribution is -2.44. The summed E-state index contributed by atoms with van der Waals surface area (Å²) in [5.74, 6) is 1.62. The van der Waals surface area contributed by atoms with Crippen molar-refractivity contribution in [2.75, 3.05) is 43.4 Å². The van der Waals surface area contributed by atoms with E-state index in [4.69, 9.17) is 9.97 Å². The van der Waals surface area contributed by atoms with Crippen molar-refractivity contribution in [3.05, 3.63) is 66.2 Å². The summed E-state index contributed by atoms with van der Waals surface area (Å²) >= 11 is 0. The SMILES string of the molecule is CCc1ccc(Nc2nc(-c3ccccc3)cc(N3CCN(C)CC3)n2)cc1. The quantitative estimate of drug-likeness (QED) is 0.726. The fourth-order valence-corrected chi connectivity index (χ4v) is 3.40. The third kappa shape index (κ3) is 4.31. The molecule has 0 atom stereocenters. The van der Waals surface area contributed by atoms with Crippen LogP contribution in [0, 0.1) is 0 Å². The molecule has 1 fully saturated rings. The minimum Gasteiger partial charge on any atom is -0.354 e. The van der Waals surface area contributed by atoms with Gasteiger partial charge in [0.15, 0.2) is 0 Å². The number of hydrogen-bond acceptors (Lipinski definition) is 5. The third-order valence-corrected chi connectivity index (χ3v) is 5.23. The van der Waals surface area contributed by atoms with Gasteiger partial charge in [-0.2, -0.15) is 4.98 Å². The molecule has 4 rings (SSSR count). The summed E-state index contributed by atoms with van der Waals surface area (Å²) < 4.78 is 0. The number of nitrogens with one attached hydrogen (secondary N) is 1. The maximum Gasteiger partial charge on any atom is 0.229 e. The summed E-state index contributed by atoms with van der Waals surface area (Å²) in [5, 5.41) is 3.39. The molecule has 1 aliphatic rings. The molecule has 0 radical (unpaired) electrons. The highest BCUT2D eigenvalue weighted by Gasteiger charge is 2.17. The lowest BCUT2D eigenvalue weighted by Gasteiger charge is -2.33. The molecule has 1 aliphatic heterocycles. The van der Waals surface area contributed by atoms with Gasteiger partial charge in [-0.3, -0.25) is 0 Å². The Morgan fingerprint density at radius 3 is 2.29 bits per heavy atom. The number of rotatable bonds is 5. The van der Waals surface area contributed by atoms with Crippen LogP contribution in [-0.4, -0.2) is 48.1 Å². The number of hydrogen-bond donors (Lipinski definition) is 1. The summed E-state index contributed by atoms with van der Waals surface area (Å²) in [4.78, 5) is 14.3. The average molecular weight is 374 g/mol. The number of anilines is 3. The molecule has 0 amide bonds. The maximum absolute atomic E-state index is 4.83. The molecule has 2 aromatic carbocycles. The minimum absolute atomic E-state index is 0.638. The molecule has 0 spiro atoms. The molecule has 1 saturated heterocycles. The highest BCUT2D eigenvalue weighted by molar-refractivity contribution is 5.66. The van der Waals surface area contributed by atoms with Crippen molar-refractivity contribution in [2.45, 2.75) is 13.3 Å². The molecule has 5 nitrogen and oxygen atoms in total. The van der Waals surface area contributed by atoms with E-state index in [0.29, 0.717) is 5.95 Å². The van der Waals surface area contributed by atoms with Gasteiger partial charge in [0, 0.05) is 43.5 Å². The second kappa shape index (κ2) is 8.40. The Morgan fingerprint density at radius 2 is 1.61 bits per heavy atom. The number of benzene rings is 2. The lowest BCUT2D eigenvalue weighted by molar-refractivity contribution is 0.312. The van der Waals surface area contributed by atoms with Crippen LogP contribution in [0.4, 0.5) is 17.5 Å². The number of aromatic nitrogens is 2. The molecule has 0 saturated carbocycles.